The van der Waals surface area contributed by atoms with Crippen LogP contribution in [0.3, 0.4) is 0 Å². The SMILES string of the molecule is CC[C@@H](C)C(=O)Nc1ccc(C2=CN3C(=O)c4cc(OC)c(OCCCOc5cc6c(cc5OC)C(=O)N5C=C(c7ccc8c(c7)OCO8)C[C@H]5C=N6)cc4N=C[C@@H]3C2)cc1. The molecule has 5 heterocycles. The Morgan fingerprint density at radius 3 is 1.84 bits per heavy atom. The molecule has 0 aliphatic carbocycles. The lowest BCUT2D eigenvalue weighted by atomic mass is 10.0. The number of ether oxygens (including phenoxy) is 6. The first-order valence-electron chi connectivity index (χ1n) is 20.4. The van der Waals surface area contributed by atoms with Crippen molar-refractivity contribution in [1.82, 2.24) is 9.80 Å². The van der Waals surface area contributed by atoms with Crippen molar-refractivity contribution in [2.45, 2.75) is 51.6 Å². The van der Waals surface area contributed by atoms with Crippen LogP contribution in [-0.4, -0.2) is 86.3 Å². The second-order valence-corrected chi connectivity index (χ2v) is 15.4. The van der Waals surface area contributed by atoms with Gasteiger partial charge in [0.25, 0.3) is 11.8 Å². The van der Waals surface area contributed by atoms with Gasteiger partial charge in [-0.15, -0.1) is 0 Å². The zero-order chi connectivity index (χ0) is 42.2. The summed E-state index contributed by atoms with van der Waals surface area (Å²) in [5, 5.41) is 2.96. The van der Waals surface area contributed by atoms with E-state index in [9.17, 15) is 14.4 Å². The number of methoxy groups -OCH3 is 2. The molecule has 1 N–H and O–H groups in total. The molecule has 5 aliphatic heterocycles. The Morgan fingerprint density at radius 2 is 1.28 bits per heavy atom. The maximum Gasteiger partial charge on any atom is 0.260 e. The van der Waals surface area contributed by atoms with Crippen LogP contribution in [0.4, 0.5) is 17.1 Å². The number of carbonyl (C=O) groups is 3. The second kappa shape index (κ2) is 16.5. The van der Waals surface area contributed by atoms with Crippen LogP contribution in [0.15, 0.2) is 89.1 Å². The van der Waals surface area contributed by atoms with Gasteiger partial charge in [-0.25, -0.2) is 0 Å². The number of rotatable bonds is 13. The molecule has 61 heavy (non-hydrogen) atoms. The molecule has 9 rings (SSSR count). The van der Waals surface area contributed by atoms with Gasteiger partial charge in [-0.05, 0) is 65.1 Å². The fourth-order valence-corrected chi connectivity index (χ4v) is 7.88. The van der Waals surface area contributed by atoms with Crippen LogP contribution in [0.2, 0.25) is 0 Å². The summed E-state index contributed by atoms with van der Waals surface area (Å²) in [4.78, 5) is 52.9. The third-order valence-corrected chi connectivity index (χ3v) is 11.6. The van der Waals surface area contributed by atoms with E-state index in [0.29, 0.717) is 76.3 Å². The van der Waals surface area contributed by atoms with Gasteiger partial charge in [0, 0.05) is 67.8 Å². The lowest BCUT2D eigenvalue weighted by Crippen LogP contribution is -2.32. The number of anilines is 1. The molecule has 0 saturated carbocycles. The van der Waals surface area contributed by atoms with Crippen LogP contribution < -0.4 is 33.7 Å². The highest BCUT2D eigenvalue weighted by molar-refractivity contribution is 6.06. The zero-order valence-electron chi connectivity index (χ0n) is 34.3. The Labute approximate surface area is 353 Å². The number of nitrogens with one attached hydrogen (secondary N) is 1. The number of hydrogen-bond acceptors (Lipinski definition) is 11. The minimum atomic E-state index is -0.255. The Balaban J connectivity index is 0.821. The summed E-state index contributed by atoms with van der Waals surface area (Å²) in [6.07, 6.45) is 9.82. The molecule has 14 nitrogen and oxygen atoms in total. The number of benzene rings is 4. The van der Waals surface area contributed by atoms with Crippen molar-refractivity contribution in [2.75, 3.05) is 39.5 Å². The van der Waals surface area contributed by atoms with E-state index in [4.69, 9.17) is 38.4 Å². The molecule has 0 saturated heterocycles. The van der Waals surface area contributed by atoms with Crippen LogP contribution >= 0.6 is 0 Å². The lowest BCUT2D eigenvalue weighted by Gasteiger charge is -2.19. The molecular formula is C47H45N5O9. The minimum Gasteiger partial charge on any atom is -0.493 e. The monoisotopic (exact) mass is 823 g/mol. The summed E-state index contributed by atoms with van der Waals surface area (Å²) in [6.45, 7) is 4.66. The summed E-state index contributed by atoms with van der Waals surface area (Å²) in [5.41, 5.74) is 6.48. The standard InChI is InChI=1S/C47H45N5O9/c1-5-27(2)45(53)50-32-10-7-28(8-11-32)30-15-33-22-48-37-20-43(40(56-3)18-35(37)46(54)51(33)24-30)58-13-6-14-59-44-21-38-36(19-41(44)57-4)47(55)52-25-31(16-34(52)23-49-38)29-9-12-39-42(17-29)61-26-60-39/h7-12,17-25,27,33-34H,5-6,13-16,26H2,1-4H3,(H,50,53)/t27-,33+,34+/m1/s1. The number of nitrogens with zero attached hydrogens (tertiary/aromatic N) is 4. The van der Waals surface area contributed by atoms with Gasteiger partial charge in [-0.3, -0.25) is 24.4 Å². The van der Waals surface area contributed by atoms with Crippen molar-refractivity contribution in [3.8, 4) is 34.5 Å². The van der Waals surface area contributed by atoms with Gasteiger partial charge in [0.2, 0.25) is 12.7 Å². The molecule has 0 unspecified atom stereocenters. The number of carbonyl (C=O) groups excluding carboxylic acids is 3. The number of aliphatic imine (C=N–C) groups is 2. The quantitative estimate of drug-likeness (QED) is 0.132. The average Bonchev–Trinajstić information content (AvgIpc) is 4.02. The highest BCUT2D eigenvalue weighted by Gasteiger charge is 2.35. The largest absolute Gasteiger partial charge is 0.493 e. The molecule has 0 aromatic heterocycles. The van der Waals surface area contributed by atoms with Crippen LogP contribution in [0.25, 0.3) is 11.1 Å². The lowest BCUT2D eigenvalue weighted by molar-refractivity contribution is -0.119. The Morgan fingerprint density at radius 1 is 0.738 bits per heavy atom. The molecule has 14 heteroatoms. The van der Waals surface area contributed by atoms with Gasteiger partial charge >= 0.3 is 0 Å². The van der Waals surface area contributed by atoms with Gasteiger partial charge in [0.15, 0.2) is 34.5 Å². The van der Waals surface area contributed by atoms with E-state index in [-0.39, 0.29) is 55.7 Å². The predicted molar refractivity (Wildman–Crippen MR) is 230 cm³/mol. The molecular weight excluding hydrogens is 779 g/mol. The van der Waals surface area contributed by atoms with Crippen LogP contribution in [0, 0.1) is 5.92 Å². The second-order valence-electron chi connectivity index (χ2n) is 15.4. The average molecular weight is 824 g/mol. The normalized spacial score (nSPS) is 18.6. The maximum absolute atomic E-state index is 13.9. The first-order valence-corrected chi connectivity index (χ1v) is 20.4. The molecule has 3 amide bonds. The summed E-state index contributed by atoms with van der Waals surface area (Å²) in [5.74, 6) is 2.69. The Bertz CT molecular complexity index is 2550. The van der Waals surface area contributed by atoms with Gasteiger partial charge in [0.1, 0.15) is 0 Å². The van der Waals surface area contributed by atoms with Gasteiger partial charge in [-0.1, -0.05) is 32.0 Å². The zero-order valence-corrected chi connectivity index (χ0v) is 34.3. The summed E-state index contributed by atoms with van der Waals surface area (Å²) in [6, 6.07) is 19.8. The molecule has 0 radical (unpaired) electrons. The van der Waals surface area contributed by atoms with Crippen LogP contribution in [-0.2, 0) is 4.79 Å². The predicted octanol–water partition coefficient (Wildman–Crippen LogP) is 8.21. The van der Waals surface area contributed by atoms with Crippen molar-refractivity contribution in [1.29, 1.82) is 0 Å². The van der Waals surface area contributed by atoms with Crippen LogP contribution in [0.1, 0.15) is 71.4 Å². The number of fused-ring (bicyclic) bond motifs is 5. The molecule has 312 valence electrons. The van der Waals surface area contributed by atoms with Crippen molar-refractivity contribution in [3.63, 3.8) is 0 Å². The molecule has 0 fully saturated rings. The Kier molecular flexibility index (Phi) is 10.7. The van der Waals surface area contributed by atoms with Crippen LogP contribution in [0.5, 0.6) is 34.5 Å². The maximum atomic E-state index is 13.9. The van der Waals surface area contributed by atoms with Crippen molar-refractivity contribution < 1.29 is 42.8 Å². The fourth-order valence-electron chi connectivity index (χ4n) is 7.88. The van der Waals surface area contributed by atoms with E-state index in [1.54, 1.807) is 46.5 Å². The molecule has 0 bridgehead atoms. The smallest absolute Gasteiger partial charge is 0.260 e. The summed E-state index contributed by atoms with van der Waals surface area (Å²) >= 11 is 0. The minimum absolute atomic E-state index is 0.00943. The van der Waals surface area contributed by atoms with Gasteiger partial charge < -0.3 is 43.5 Å². The Hall–Kier alpha value is -7.09. The summed E-state index contributed by atoms with van der Waals surface area (Å²) in [7, 11) is 3.07. The van der Waals surface area contributed by atoms with Crippen molar-refractivity contribution in [3.05, 3.63) is 101 Å². The first kappa shape index (κ1) is 39.4. The fraction of sp³-hybridized carbons (Fsp3) is 0.298. The highest BCUT2D eigenvalue weighted by Crippen LogP contribution is 2.43. The molecule has 5 aliphatic rings. The third-order valence-electron chi connectivity index (χ3n) is 11.6. The van der Waals surface area contributed by atoms with E-state index in [0.717, 1.165) is 34.4 Å². The molecule has 4 aromatic carbocycles. The topological polar surface area (TPSA) is 150 Å². The van der Waals surface area contributed by atoms with E-state index in [2.05, 4.69) is 5.32 Å². The number of amides is 3. The number of hydrogen-bond donors (Lipinski definition) is 1. The molecule has 4 aromatic rings. The molecule has 0 spiro atoms. The van der Waals surface area contributed by atoms with Crippen molar-refractivity contribution >= 4 is 58.4 Å². The van der Waals surface area contributed by atoms with E-state index in [1.807, 2.05) is 68.7 Å². The summed E-state index contributed by atoms with van der Waals surface area (Å²) < 4.78 is 34.6. The third kappa shape index (κ3) is 7.65. The van der Waals surface area contributed by atoms with E-state index in [1.165, 1.54) is 14.2 Å². The first-order chi connectivity index (χ1) is 29.7. The van der Waals surface area contributed by atoms with E-state index < -0.39 is 0 Å². The van der Waals surface area contributed by atoms with Crippen molar-refractivity contribution in [2.24, 2.45) is 15.9 Å². The van der Waals surface area contributed by atoms with Gasteiger partial charge in [0.05, 0.1) is 62.0 Å². The van der Waals surface area contributed by atoms with Gasteiger partial charge in [-0.2, -0.15) is 0 Å². The molecule has 3 atom stereocenters. The highest BCUT2D eigenvalue weighted by atomic mass is 16.7. The van der Waals surface area contributed by atoms with E-state index >= 15 is 0 Å².